The summed E-state index contributed by atoms with van der Waals surface area (Å²) in [6.07, 6.45) is 0. The van der Waals surface area contributed by atoms with Crippen molar-refractivity contribution in [1.29, 1.82) is 0 Å². The predicted molar refractivity (Wildman–Crippen MR) is 119 cm³/mol. The fraction of sp³-hybridized carbons (Fsp3) is 0.125. The number of carbonyl (C=O) groups is 2. The predicted octanol–water partition coefficient (Wildman–Crippen LogP) is 4.92. The van der Waals surface area contributed by atoms with E-state index in [1.54, 1.807) is 0 Å². The monoisotopic (exact) mass is 416 g/mol. The fourth-order valence-corrected chi connectivity index (χ4v) is 4.20. The van der Waals surface area contributed by atoms with E-state index in [0.717, 1.165) is 26.9 Å². The molecule has 0 aliphatic rings. The van der Waals surface area contributed by atoms with Crippen LogP contribution >= 0.6 is 11.3 Å². The van der Waals surface area contributed by atoms with E-state index in [0.29, 0.717) is 5.13 Å². The number of nitrogens with one attached hydrogen (secondary N) is 1. The highest BCUT2D eigenvalue weighted by Gasteiger charge is 2.25. The number of thiazole rings is 1. The lowest BCUT2D eigenvalue weighted by molar-refractivity contribution is -0.147. The summed E-state index contributed by atoms with van der Waals surface area (Å²) in [4.78, 5) is 29.6. The minimum absolute atomic E-state index is 0.371. The number of carbonyl (C=O) groups excluding carboxylic acids is 2. The summed E-state index contributed by atoms with van der Waals surface area (Å²) >= 11 is 1.39. The SMILES string of the molecule is Cc1ccc2nc(NC(=O)COC(=O)C(c3ccccc3)c3ccccc3)sc2c1. The Morgan fingerprint density at radius 2 is 1.60 bits per heavy atom. The second-order valence-corrected chi connectivity index (χ2v) is 7.93. The van der Waals surface area contributed by atoms with Gasteiger partial charge in [-0.2, -0.15) is 0 Å². The van der Waals surface area contributed by atoms with Crippen molar-refractivity contribution in [3.63, 3.8) is 0 Å². The molecule has 4 aromatic rings. The van der Waals surface area contributed by atoms with Crippen LogP contribution in [0.25, 0.3) is 10.2 Å². The fourth-order valence-electron chi connectivity index (χ4n) is 3.22. The molecule has 5 nitrogen and oxygen atoms in total. The van der Waals surface area contributed by atoms with Crippen LogP contribution in [0.4, 0.5) is 5.13 Å². The maximum Gasteiger partial charge on any atom is 0.318 e. The number of nitrogens with zero attached hydrogens (tertiary/aromatic N) is 1. The number of fused-ring (bicyclic) bond motifs is 1. The largest absolute Gasteiger partial charge is 0.455 e. The molecule has 3 aromatic carbocycles. The van der Waals surface area contributed by atoms with Gasteiger partial charge in [-0.3, -0.25) is 14.9 Å². The van der Waals surface area contributed by atoms with Crippen LogP contribution in [-0.2, 0) is 14.3 Å². The number of hydrogen-bond acceptors (Lipinski definition) is 5. The Balaban J connectivity index is 1.44. The number of rotatable bonds is 6. The quantitative estimate of drug-likeness (QED) is 0.453. The molecule has 4 rings (SSSR count). The molecule has 1 N–H and O–H groups in total. The molecule has 0 spiro atoms. The lowest BCUT2D eigenvalue weighted by atomic mass is 9.91. The first-order chi connectivity index (χ1) is 14.6. The number of amides is 1. The molecule has 6 heteroatoms. The molecular formula is C24H20N2O3S. The van der Waals surface area contributed by atoms with Gasteiger partial charge in [0.25, 0.3) is 5.91 Å². The third-order valence-corrected chi connectivity index (χ3v) is 5.57. The number of ether oxygens (including phenoxy) is 1. The van der Waals surface area contributed by atoms with Crippen LogP contribution < -0.4 is 5.32 Å². The van der Waals surface area contributed by atoms with Crippen LogP contribution in [0.1, 0.15) is 22.6 Å². The van der Waals surface area contributed by atoms with Gasteiger partial charge in [-0.05, 0) is 35.7 Å². The van der Waals surface area contributed by atoms with Crippen molar-refractivity contribution in [3.05, 3.63) is 95.6 Å². The minimum Gasteiger partial charge on any atom is -0.455 e. The van der Waals surface area contributed by atoms with Crippen LogP contribution in [0.3, 0.4) is 0 Å². The van der Waals surface area contributed by atoms with Crippen molar-refractivity contribution in [2.45, 2.75) is 12.8 Å². The summed E-state index contributed by atoms with van der Waals surface area (Å²) < 4.78 is 6.36. The molecule has 0 saturated heterocycles. The number of aromatic nitrogens is 1. The highest BCUT2D eigenvalue weighted by molar-refractivity contribution is 7.22. The van der Waals surface area contributed by atoms with E-state index in [1.165, 1.54) is 11.3 Å². The van der Waals surface area contributed by atoms with E-state index in [2.05, 4.69) is 10.3 Å². The standard InChI is InChI=1S/C24H20N2O3S/c1-16-12-13-19-20(14-16)30-24(25-19)26-21(27)15-29-23(28)22(17-8-4-2-5-9-17)18-10-6-3-7-11-18/h2-14,22H,15H2,1H3,(H,25,26,27). The molecule has 30 heavy (non-hydrogen) atoms. The number of hydrogen-bond donors (Lipinski definition) is 1. The molecule has 1 amide bonds. The molecule has 0 aliphatic heterocycles. The zero-order valence-corrected chi connectivity index (χ0v) is 17.2. The van der Waals surface area contributed by atoms with Crippen molar-refractivity contribution >= 4 is 38.6 Å². The van der Waals surface area contributed by atoms with Gasteiger partial charge < -0.3 is 4.74 Å². The van der Waals surface area contributed by atoms with Crippen LogP contribution in [0, 0.1) is 6.92 Å². The molecule has 0 atom stereocenters. The molecular weight excluding hydrogens is 396 g/mol. The lowest BCUT2D eigenvalue weighted by Crippen LogP contribution is -2.24. The van der Waals surface area contributed by atoms with Crippen LogP contribution in [0.5, 0.6) is 0 Å². The van der Waals surface area contributed by atoms with Crippen molar-refractivity contribution in [3.8, 4) is 0 Å². The summed E-state index contributed by atoms with van der Waals surface area (Å²) in [5, 5.41) is 3.20. The number of aryl methyl sites for hydroxylation is 1. The summed E-state index contributed by atoms with van der Waals surface area (Å²) in [6, 6.07) is 24.7. The van der Waals surface area contributed by atoms with Crippen LogP contribution in [-0.4, -0.2) is 23.5 Å². The minimum atomic E-state index is -0.592. The first-order valence-electron chi connectivity index (χ1n) is 9.54. The summed E-state index contributed by atoms with van der Waals surface area (Å²) in [5.41, 5.74) is 3.59. The van der Waals surface area contributed by atoms with Crippen molar-refractivity contribution in [2.75, 3.05) is 11.9 Å². The summed E-state index contributed by atoms with van der Waals surface area (Å²) in [6.45, 7) is 1.64. The molecule has 0 aliphatic carbocycles. The van der Waals surface area contributed by atoms with E-state index >= 15 is 0 Å². The zero-order chi connectivity index (χ0) is 20.9. The maximum atomic E-state index is 12.9. The Morgan fingerprint density at radius 1 is 0.967 bits per heavy atom. The third-order valence-electron chi connectivity index (χ3n) is 4.64. The second kappa shape index (κ2) is 8.88. The molecule has 0 bridgehead atoms. The van der Waals surface area contributed by atoms with Gasteiger partial charge in [-0.15, -0.1) is 0 Å². The number of benzene rings is 3. The van der Waals surface area contributed by atoms with Crippen molar-refractivity contribution in [2.24, 2.45) is 0 Å². The molecule has 150 valence electrons. The Labute approximate surface area is 178 Å². The molecule has 0 saturated carbocycles. The van der Waals surface area contributed by atoms with Gasteiger partial charge in [0.1, 0.15) is 5.92 Å². The molecule has 1 aromatic heterocycles. The number of esters is 1. The van der Waals surface area contributed by atoms with E-state index < -0.39 is 17.8 Å². The average molecular weight is 417 g/mol. The average Bonchev–Trinajstić information content (AvgIpc) is 3.15. The smallest absolute Gasteiger partial charge is 0.318 e. The van der Waals surface area contributed by atoms with Crippen LogP contribution in [0.15, 0.2) is 78.9 Å². The third kappa shape index (κ3) is 4.55. The first-order valence-corrected chi connectivity index (χ1v) is 10.4. The van der Waals surface area contributed by atoms with Gasteiger partial charge in [0.2, 0.25) is 0 Å². The molecule has 0 unspecified atom stereocenters. The van der Waals surface area contributed by atoms with E-state index in [4.69, 9.17) is 4.74 Å². The number of anilines is 1. The van der Waals surface area contributed by atoms with E-state index in [9.17, 15) is 9.59 Å². The second-order valence-electron chi connectivity index (χ2n) is 6.90. The zero-order valence-electron chi connectivity index (χ0n) is 16.4. The highest BCUT2D eigenvalue weighted by atomic mass is 32.1. The maximum absolute atomic E-state index is 12.9. The summed E-state index contributed by atoms with van der Waals surface area (Å²) in [7, 11) is 0. The Hall–Kier alpha value is -3.51. The van der Waals surface area contributed by atoms with E-state index in [-0.39, 0.29) is 6.61 Å². The van der Waals surface area contributed by atoms with Gasteiger partial charge in [0.05, 0.1) is 10.2 Å². The normalized spacial score (nSPS) is 10.9. The molecule has 0 radical (unpaired) electrons. The van der Waals surface area contributed by atoms with Gasteiger partial charge in [-0.25, -0.2) is 4.98 Å². The Kier molecular flexibility index (Phi) is 5.86. The highest BCUT2D eigenvalue weighted by Crippen LogP contribution is 2.27. The van der Waals surface area contributed by atoms with Crippen LogP contribution in [0.2, 0.25) is 0 Å². The summed E-state index contributed by atoms with van der Waals surface area (Å²) in [5.74, 6) is -1.48. The van der Waals surface area contributed by atoms with Gasteiger partial charge >= 0.3 is 5.97 Å². The lowest BCUT2D eigenvalue weighted by Gasteiger charge is -2.16. The van der Waals surface area contributed by atoms with Crippen molar-refractivity contribution < 1.29 is 14.3 Å². The van der Waals surface area contributed by atoms with Crippen molar-refractivity contribution in [1.82, 2.24) is 4.98 Å². The first kappa shape index (κ1) is 19.8. The molecule has 1 heterocycles. The van der Waals surface area contributed by atoms with Gasteiger partial charge in [0.15, 0.2) is 11.7 Å². The molecule has 0 fully saturated rings. The topological polar surface area (TPSA) is 68.3 Å². The van der Waals surface area contributed by atoms with E-state index in [1.807, 2.05) is 85.8 Å². The Bertz CT molecular complexity index is 1130. The van der Waals surface area contributed by atoms with Gasteiger partial charge in [-0.1, -0.05) is 78.1 Å². The Morgan fingerprint density at radius 3 is 2.23 bits per heavy atom. The van der Waals surface area contributed by atoms with Gasteiger partial charge in [0, 0.05) is 0 Å².